The van der Waals surface area contributed by atoms with Crippen molar-refractivity contribution in [2.24, 2.45) is 0 Å². The van der Waals surface area contributed by atoms with Crippen molar-refractivity contribution in [1.82, 2.24) is 27.4 Å². The highest BCUT2D eigenvalue weighted by molar-refractivity contribution is 6.30. The lowest BCUT2D eigenvalue weighted by molar-refractivity contribution is 1.17. The Bertz CT molecular complexity index is 8680. The molecule has 0 aliphatic heterocycles. The lowest BCUT2D eigenvalue weighted by atomic mass is 9.99. The molecule has 0 saturated heterocycles. The minimum absolute atomic E-state index is 1.15. The molecule has 0 aliphatic rings. The highest BCUT2D eigenvalue weighted by Gasteiger charge is 2.26. The molecule has 6 heteroatoms. The van der Waals surface area contributed by atoms with Crippen LogP contribution in [0.5, 0.6) is 0 Å². The lowest BCUT2D eigenvalue weighted by Crippen LogP contribution is -1.95. The van der Waals surface area contributed by atoms with E-state index < -0.39 is 0 Å². The molecule has 26 rings (SSSR count). The van der Waals surface area contributed by atoms with Crippen molar-refractivity contribution < 1.29 is 0 Å². The van der Waals surface area contributed by atoms with Crippen LogP contribution >= 0.6 is 0 Å². The summed E-state index contributed by atoms with van der Waals surface area (Å²) >= 11 is 0. The van der Waals surface area contributed by atoms with Crippen LogP contribution in [0.4, 0.5) is 0 Å². The van der Waals surface area contributed by atoms with Crippen LogP contribution in [0.15, 0.2) is 425 Å². The Kier molecular flexibility index (Phi) is 14.4. The summed E-state index contributed by atoms with van der Waals surface area (Å²) in [6, 6.07) is 156. The van der Waals surface area contributed by atoms with E-state index in [1.165, 1.54) is 208 Å². The summed E-state index contributed by atoms with van der Waals surface area (Å²) < 4.78 is 14.7. The fraction of sp³-hybridized carbons (Fsp3) is 0. The Labute approximate surface area is 677 Å². The minimum atomic E-state index is 1.15. The first-order valence-electron chi connectivity index (χ1n) is 40.7. The maximum atomic E-state index is 2.47. The minimum Gasteiger partial charge on any atom is -0.309 e. The van der Waals surface area contributed by atoms with Crippen molar-refractivity contribution in [3.63, 3.8) is 0 Å². The molecule has 0 atom stereocenters. The molecular weight excluding hydrogens is 1430 g/mol. The van der Waals surface area contributed by atoms with Gasteiger partial charge in [0.15, 0.2) is 0 Å². The zero-order valence-corrected chi connectivity index (χ0v) is 64.1. The van der Waals surface area contributed by atoms with Crippen molar-refractivity contribution in [2.45, 2.75) is 0 Å². The molecule has 0 spiro atoms. The molecule has 20 aromatic carbocycles. The molecule has 548 valence electrons. The predicted octanol–water partition coefficient (Wildman–Crippen LogP) is 29.9. The Morgan fingerprint density at radius 2 is 0.432 bits per heavy atom. The summed E-state index contributed by atoms with van der Waals surface area (Å²) in [6.07, 6.45) is 0. The van der Waals surface area contributed by atoms with Crippen molar-refractivity contribution in [1.29, 1.82) is 0 Å². The standard InChI is InChI=1S/2C56H35N3/c1-2-17-41(18-3-1)58-50-22-10-8-20-44(50)46-29-32-54-55(56(46)58)48-35-40(27-31-53(48)57(54)42-28-25-36-13-4-5-15-38(36)33-42)39-26-30-52-47(34-39)45-21-9-11-23-51(45)59(52)49-24-12-16-37-14-6-7-19-43(37)49;1-2-17-41(18-3-1)57-50-23-11-9-21-45(50)55-53(57)31-32-54-56(55)47-35-40(27-30-52(47)58(54)42-28-25-36-13-4-5-15-38(36)33-42)39-26-29-51-46(34-39)44-20-8-10-22-49(44)59(51)48-24-12-16-37-14-6-7-19-43(37)48/h2*1-35H. The van der Waals surface area contributed by atoms with Crippen molar-refractivity contribution in [3.05, 3.63) is 425 Å². The summed E-state index contributed by atoms with van der Waals surface area (Å²) in [5.41, 5.74) is 26.2. The number of benzene rings is 20. The van der Waals surface area contributed by atoms with E-state index >= 15 is 0 Å². The normalized spacial score (nSPS) is 12.1. The molecule has 0 saturated carbocycles. The average Bonchev–Trinajstić information content (AvgIpc) is 1.55. The molecule has 6 nitrogen and oxygen atoms in total. The van der Waals surface area contributed by atoms with Crippen LogP contribution in [0.3, 0.4) is 0 Å². The van der Waals surface area contributed by atoms with Crippen LogP contribution in [0, 0.1) is 0 Å². The molecule has 0 fully saturated rings. The van der Waals surface area contributed by atoms with E-state index in [0.29, 0.717) is 0 Å². The van der Waals surface area contributed by atoms with Crippen LogP contribution in [0.1, 0.15) is 0 Å². The van der Waals surface area contributed by atoms with Gasteiger partial charge in [-0.15, -0.1) is 0 Å². The van der Waals surface area contributed by atoms with E-state index in [9.17, 15) is 0 Å². The fourth-order valence-electron chi connectivity index (χ4n) is 20.0. The number of hydrogen-bond acceptors (Lipinski definition) is 0. The third-order valence-corrected chi connectivity index (χ3v) is 25.2. The molecule has 6 heterocycles. The zero-order chi connectivity index (χ0) is 77.2. The first-order valence-corrected chi connectivity index (χ1v) is 40.7. The van der Waals surface area contributed by atoms with E-state index in [4.69, 9.17) is 0 Å². The van der Waals surface area contributed by atoms with Crippen LogP contribution in [0.2, 0.25) is 0 Å². The highest BCUT2D eigenvalue weighted by atomic mass is 15.0. The number of aromatic nitrogens is 6. The Hall–Kier alpha value is -15.8. The molecule has 0 radical (unpaired) electrons. The maximum Gasteiger partial charge on any atom is 0.0641 e. The number of para-hydroxylation sites is 6. The predicted molar refractivity (Wildman–Crippen MR) is 500 cm³/mol. The van der Waals surface area contributed by atoms with Gasteiger partial charge in [-0.25, -0.2) is 0 Å². The van der Waals surface area contributed by atoms with Gasteiger partial charge in [0.1, 0.15) is 0 Å². The summed E-state index contributed by atoms with van der Waals surface area (Å²) in [5.74, 6) is 0. The van der Waals surface area contributed by atoms with Gasteiger partial charge < -0.3 is 27.4 Å². The van der Waals surface area contributed by atoms with Crippen molar-refractivity contribution in [2.75, 3.05) is 0 Å². The van der Waals surface area contributed by atoms with Crippen LogP contribution in [-0.2, 0) is 0 Å². The fourth-order valence-corrected chi connectivity index (χ4v) is 20.0. The van der Waals surface area contributed by atoms with Gasteiger partial charge in [-0.1, -0.05) is 273 Å². The number of fused-ring (bicyclic) bond motifs is 24. The summed E-state index contributed by atoms with van der Waals surface area (Å²) in [5, 5.41) is 24.9. The smallest absolute Gasteiger partial charge is 0.0641 e. The number of hydrogen-bond donors (Lipinski definition) is 0. The molecule has 6 aromatic heterocycles. The Balaban J connectivity index is 0.000000131. The Morgan fingerprint density at radius 3 is 0.915 bits per heavy atom. The average molecular weight is 1500 g/mol. The van der Waals surface area contributed by atoms with Gasteiger partial charge in [0.05, 0.1) is 77.6 Å². The van der Waals surface area contributed by atoms with E-state index in [2.05, 4.69) is 452 Å². The molecule has 0 amide bonds. The van der Waals surface area contributed by atoms with E-state index in [1.54, 1.807) is 0 Å². The van der Waals surface area contributed by atoms with Gasteiger partial charge in [0.2, 0.25) is 0 Å². The first-order chi connectivity index (χ1) is 58.6. The van der Waals surface area contributed by atoms with Crippen molar-refractivity contribution in [3.8, 4) is 56.4 Å². The van der Waals surface area contributed by atoms with E-state index in [-0.39, 0.29) is 0 Å². The van der Waals surface area contributed by atoms with Gasteiger partial charge in [0, 0.05) is 98.2 Å². The van der Waals surface area contributed by atoms with Gasteiger partial charge >= 0.3 is 0 Å². The van der Waals surface area contributed by atoms with Crippen LogP contribution in [0.25, 0.3) is 230 Å². The monoisotopic (exact) mass is 1500 g/mol. The number of nitrogens with zero attached hydrogens (tertiary/aromatic N) is 6. The molecular formula is C112H70N6. The van der Waals surface area contributed by atoms with Crippen LogP contribution in [-0.4, -0.2) is 27.4 Å². The molecule has 118 heavy (non-hydrogen) atoms. The largest absolute Gasteiger partial charge is 0.309 e. The Morgan fingerprint density at radius 1 is 0.127 bits per heavy atom. The van der Waals surface area contributed by atoms with Crippen LogP contribution < -0.4 is 0 Å². The van der Waals surface area contributed by atoms with Gasteiger partial charge in [-0.05, 0) is 206 Å². The second kappa shape index (κ2) is 25.9. The second-order valence-electron chi connectivity index (χ2n) is 31.4. The molecule has 0 aliphatic carbocycles. The molecule has 0 unspecified atom stereocenters. The topological polar surface area (TPSA) is 29.6 Å². The SMILES string of the molecule is c1ccc(-n2c3ccccc3c3c4c5cc(-c6ccc7c(c6)c6ccccc6n7-c6cccc7ccccc67)ccc5n(-c5ccc6ccccc6c5)c4ccc32)cc1.c1ccc(-n2c3ccccc3c3ccc4c(c5cc(-c6ccc7c(c6)c6ccccc6n7-c6cccc7ccccc67)ccc5n4-c4ccc5ccccc5c4)c32)cc1. The summed E-state index contributed by atoms with van der Waals surface area (Å²) in [7, 11) is 0. The molecule has 0 bridgehead atoms. The van der Waals surface area contributed by atoms with E-state index in [0.717, 1.165) is 22.7 Å². The zero-order valence-electron chi connectivity index (χ0n) is 64.1. The second-order valence-corrected chi connectivity index (χ2v) is 31.4. The van der Waals surface area contributed by atoms with E-state index in [1.807, 2.05) is 0 Å². The first kappa shape index (κ1) is 65.8. The van der Waals surface area contributed by atoms with Gasteiger partial charge in [-0.3, -0.25) is 0 Å². The summed E-state index contributed by atoms with van der Waals surface area (Å²) in [4.78, 5) is 0. The van der Waals surface area contributed by atoms with Crippen molar-refractivity contribution >= 4 is 174 Å². The highest BCUT2D eigenvalue weighted by Crippen LogP contribution is 2.48. The number of rotatable bonds is 8. The lowest BCUT2D eigenvalue weighted by Gasteiger charge is -2.12. The molecule has 26 aromatic rings. The molecule has 0 N–H and O–H groups in total. The third-order valence-electron chi connectivity index (χ3n) is 25.2. The van der Waals surface area contributed by atoms with Gasteiger partial charge in [0.25, 0.3) is 0 Å². The maximum absolute atomic E-state index is 2.47. The van der Waals surface area contributed by atoms with Gasteiger partial charge in [-0.2, -0.15) is 0 Å². The summed E-state index contributed by atoms with van der Waals surface area (Å²) in [6.45, 7) is 0. The quantitative estimate of drug-likeness (QED) is 0.145. The third kappa shape index (κ3) is 9.87.